The Balaban J connectivity index is 0.851. The first kappa shape index (κ1) is 35.8. The maximum atomic E-state index is 2.41. The summed E-state index contributed by atoms with van der Waals surface area (Å²) in [6.07, 6.45) is 0. The van der Waals surface area contributed by atoms with Crippen LogP contribution in [0.3, 0.4) is 0 Å². The summed E-state index contributed by atoms with van der Waals surface area (Å²) in [5, 5.41) is 10.3. The topological polar surface area (TPSA) is 9.86 Å². The molecular weight excluding hydrogens is 813 g/mol. The molecule has 0 atom stereocenters. The summed E-state index contributed by atoms with van der Waals surface area (Å²) in [6, 6.07) is 80.9. The third-order valence-electron chi connectivity index (χ3n) is 13.3. The standard InChI is InChI=1S/C60H36N2S2/c1-3-11-43(12-4-1)61-53-17-9-7-15-45(53)47-31-37(19-25-55(47)61)39-21-27-57-49(33-39)51-35-41(23-29-59(51)63-57)42-24-30-60-52(36-42)50-34-40(22-28-58(50)64-60)38-20-26-56-48(32-38)46-16-8-10-18-54(46)62(56)44-13-5-2-6-14-44/h1-36H. The van der Waals surface area contributed by atoms with Crippen LogP contribution in [0.1, 0.15) is 0 Å². The van der Waals surface area contributed by atoms with Crippen LogP contribution in [0.5, 0.6) is 0 Å². The monoisotopic (exact) mass is 848 g/mol. The fourth-order valence-electron chi connectivity index (χ4n) is 10.3. The molecule has 4 heterocycles. The van der Waals surface area contributed by atoms with E-state index in [9.17, 15) is 0 Å². The Morgan fingerprint density at radius 3 is 0.859 bits per heavy atom. The van der Waals surface area contributed by atoms with Crippen LogP contribution in [0.2, 0.25) is 0 Å². The van der Waals surface area contributed by atoms with Crippen LogP contribution in [0.25, 0.3) is 129 Å². The molecule has 4 aromatic heterocycles. The molecule has 14 aromatic rings. The molecule has 0 spiro atoms. The summed E-state index contributed by atoms with van der Waals surface area (Å²) >= 11 is 3.76. The van der Waals surface area contributed by atoms with Crippen molar-refractivity contribution >= 4 is 107 Å². The highest BCUT2D eigenvalue weighted by molar-refractivity contribution is 7.26. The van der Waals surface area contributed by atoms with Gasteiger partial charge in [-0.05, 0) is 143 Å². The van der Waals surface area contributed by atoms with Crippen molar-refractivity contribution in [2.24, 2.45) is 0 Å². The molecule has 0 saturated carbocycles. The van der Waals surface area contributed by atoms with Gasteiger partial charge in [-0.1, -0.05) is 109 Å². The average Bonchev–Trinajstić information content (AvgIpc) is 4.11. The fourth-order valence-corrected chi connectivity index (χ4v) is 12.4. The Hall–Kier alpha value is -7.76. The first-order valence-electron chi connectivity index (χ1n) is 21.8. The summed E-state index contributed by atoms with van der Waals surface area (Å²) in [4.78, 5) is 0. The lowest BCUT2D eigenvalue weighted by Crippen LogP contribution is -1.92. The Labute approximate surface area is 376 Å². The molecule has 0 aliphatic carbocycles. The van der Waals surface area contributed by atoms with Gasteiger partial charge in [0, 0.05) is 73.3 Å². The third kappa shape index (κ3) is 5.43. The third-order valence-corrected chi connectivity index (χ3v) is 15.6. The lowest BCUT2D eigenvalue weighted by molar-refractivity contribution is 1.18. The predicted molar refractivity (Wildman–Crippen MR) is 277 cm³/mol. The second-order valence-corrected chi connectivity index (χ2v) is 19.1. The molecular formula is C60H36N2S2. The van der Waals surface area contributed by atoms with Gasteiger partial charge in [0.1, 0.15) is 0 Å². The maximum Gasteiger partial charge on any atom is 0.0541 e. The predicted octanol–water partition coefficient (Wildman–Crippen LogP) is 17.6. The number of aromatic nitrogens is 2. The van der Waals surface area contributed by atoms with Crippen LogP contribution >= 0.6 is 22.7 Å². The van der Waals surface area contributed by atoms with Gasteiger partial charge in [-0.15, -0.1) is 22.7 Å². The Morgan fingerprint density at radius 2 is 0.500 bits per heavy atom. The van der Waals surface area contributed by atoms with Crippen molar-refractivity contribution in [1.82, 2.24) is 9.13 Å². The van der Waals surface area contributed by atoms with Crippen LogP contribution in [0.4, 0.5) is 0 Å². The van der Waals surface area contributed by atoms with E-state index < -0.39 is 0 Å². The first-order chi connectivity index (χ1) is 31.7. The van der Waals surface area contributed by atoms with E-state index in [1.54, 1.807) is 0 Å². The van der Waals surface area contributed by atoms with Gasteiger partial charge < -0.3 is 9.13 Å². The SMILES string of the molecule is c1ccc(-n2c3ccccc3c3cc(-c4ccc5sc6ccc(-c7ccc8sc9ccc(-c%10ccc%11c(c%10)c%10ccccc%10n%11-c%10ccccc%10)cc9c8c7)cc6c5c4)ccc32)cc1. The highest BCUT2D eigenvalue weighted by Gasteiger charge is 2.17. The Kier molecular flexibility index (Phi) is 7.76. The summed E-state index contributed by atoms with van der Waals surface area (Å²) in [6.45, 7) is 0. The van der Waals surface area contributed by atoms with Crippen LogP contribution in [-0.2, 0) is 0 Å². The molecule has 0 N–H and O–H groups in total. The number of benzene rings is 10. The van der Waals surface area contributed by atoms with Gasteiger partial charge in [-0.2, -0.15) is 0 Å². The molecule has 4 heteroatoms. The highest BCUT2D eigenvalue weighted by atomic mass is 32.1. The zero-order chi connectivity index (χ0) is 41.9. The van der Waals surface area contributed by atoms with E-state index in [0.717, 1.165) is 0 Å². The number of hydrogen-bond donors (Lipinski definition) is 0. The quantitative estimate of drug-likeness (QED) is 0.163. The molecule has 0 amide bonds. The molecule has 0 saturated heterocycles. The van der Waals surface area contributed by atoms with Gasteiger partial charge in [0.15, 0.2) is 0 Å². The Bertz CT molecular complexity index is 3910. The van der Waals surface area contributed by atoms with Crippen molar-refractivity contribution in [2.45, 2.75) is 0 Å². The summed E-state index contributed by atoms with van der Waals surface area (Å²) in [7, 11) is 0. The summed E-state index contributed by atoms with van der Waals surface area (Å²) < 4.78 is 10.0. The van der Waals surface area contributed by atoms with Crippen LogP contribution < -0.4 is 0 Å². The fraction of sp³-hybridized carbons (Fsp3) is 0. The Morgan fingerprint density at radius 1 is 0.219 bits per heavy atom. The van der Waals surface area contributed by atoms with Crippen LogP contribution in [0.15, 0.2) is 218 Å². The number of thiophene rings is 2. The number of para-hydroxylation sites is 4. The molecule has 0 radical (unpaired) electrons. The number of nitrogens with zero attached hydrogens (tertiary/aromatic N) is 2. The van der Waals surface area contributed by atoms with Crippen molar-refractivity contribution in [3.05, 3.63) is 218 Å². The van der Waals surface area contributed by atoms with Crippen molar-refractivity contribution < 1.29 is 0 Å². The zero-order valence-corrected chi connectivity index (χ0v) is 36.1. The molecule has 298 valence electrons. The molecule has 64 heavy (non-hydrogen) atoms. The van der Waals surface area contributed by atoms with Crippen molar-refractivity contribution in [2.75, 3.05) is 0 Å². The number of fused-ring (bicyclic) bond motifs is 12. The van der Waals surface area contributed by atoms with E-state index >= 15 is 0 Å². The normalized spacial score (nSPS) is 12.1. The smallest absolute Gasteiger partial charge is 0.0541 e. The minimum absolute atomic E-state index is 1.18. The van der Waals surface area contributed by atoms with Gasteiger partial charge in [0.25, 0.3) is 0 Å². The largest absolute Gasteiger partial charge is 0.309 e. The molecule has 14 rings (SSSR count). The van der Waals surface area contributed by atoms with E-state index in [1.165, 1.54) is 129 Å². The molecule has 0 aliphatic heterocycles. The van der Waals surface area contributed by atoms with Crippen molar-refractivity contribution in [3.8, 4) is 44.8 Å². The molecule has 2 nitrogen and oxygen atoms in total. The van der Waals surface area contributed by atoms with Gasteiger partial charge >= 0.3 is 0 Å². The van der Waals surface area contributed by atoms with E-state index in [4.69, 9.17) is 0 Å². The van der Waals surface area contributed by atoms with E-state index in [1.807, 2.05) is 22.7 Å². The molecule has 0 bridgehead atoms. The minimum atomic E-state index is 1.18. The van der Waals surface area contributed by atoms with Gasteiger partial charge in [-0.3, -0.25) is 0 Å². The molecule has 0 aliphatic rings. The van der Waals surface area contributed by atoms with Crippen molar-refractivity contribution in [3.63, 3.8) is 0 Å². The van der Waals surface area contributed by atoms with E-state index in [2.05, 4.69) is 228 Å². The number of rotatable bonds is 5. The zero-order valence-electron chi connectivity index (χ0n) is 34.5. The van der Waals surface area contributed by atoms with Gasteiger partial charge in [-0.25, -0.2) is 0 Å². The summed E-state index contributed by atoms with van der Waals surface area (Å²) in [5.74, 6) is 0. The second kappa shape index (κ2) is 13.9. The molecule has 0 fully saturated rings. The molecule has 10 aromatic carbocycles. The summed E-state index contributed by atoms with van der Waals surface area (Å²) in [5.41, 5.74) is 14.7. The number of hydrogen-bond acceptors (Lipinski definition) is 2. The van der Waals surface area contributed by atoms with Gasteiger partial charge in [0.2, 0.25) is 0 Å². The first-order valence-corrected chi connectivity index (χ1v) is 23.4. The van der Waals surface area contributed by atoms with Crippen LogP contribution in [-0.4, -0.2) is 9.13 Å². The highest BCUT2D eigenvalue weighted by Crippen LogP contribution is 2.43. The van der Waals surface area contributed by atoms with E-state index in [0.29, 0.717) is 0 Å². The lowest BCUT2D eigenvalue weighted by atomic mass is 9.98. The maximum absolute atomic E-state index is 2.41. The van der Waals surface area contributed by atoms with Crippen LogP contribution in [0, 0.1) is 0 Å². The lowest BCUT2D eigenvalue weighted by Gasteiger charge is -2.08. The second-order valence-electron chi connectivity index (χ2n) is 16.9. The van der Waals surface area contributed by atoms with Gasteiger partial charge in [0.05, 0.1) is 22.1 Å². The van der Waals surface area contributed by atoms with E-state index in [-0.39, 0.29) is 0 Å². The minimum Gasteiger partial charge on any atom is -0.309 e. The van der Waals surface area contributed by atoms with Crippen molar-refractivity contribution in [1.29, 1.82) is 0 Å². The average molecular weight is 849 g/mol. The molecule has 0 unspecified atom stereocenters.